The van der Waals surface area contributed by atoms with E-state index in [0.717, 1.165) is 89.9 Å². The number of likely N-dealkylation sites (tertiary alicyclic amines) is 2. The Morgan fingerprint density at radius 2 is 1.38 bits per heavy atom. The van der Waals surface area contributed by atoms with Gasteiger partial charge in [-0.3, -0.25) is 14.5 Å². The van der Waals surface area contributed by atoms with Gasteiger partial charge in [0.2, 0.25) is 11.8 Å². The molecule has 182 valence electrons. The number of piperidine rings is 2. The van der Waals surface area contributed by atoms with Crippen LogP contribution in [0.5, 0.6) is 0 Å². The quantitative estimate of drug-likeness (QED) is 0.647. The SMILES string of the molecule is NC(C(=O)N1CCC(CC2CCN(CC(=O)N3CCNCC3)CC2)CC1)C1CCCCC1. The molecular weight excluding hydrogens is 402 g/mol. The van der Waals surface area contributed by atoms with Crippen LogP contribution in [-0.4, -0.2) is 91.5 Å². The van der Waals surface area contributed by atoms with Crippen molar-refractivity contribution < 1.29 is 9.59 Å². The average Bonchev–Trinajstić information content (AvgIpc) is 2.86. The smallest absolute Gasteiger partial charge is 0.239 e. The highest BCUT2D eigenvalue weighted by atomic mass is 16.2. The average molecular weight is 448 g/mol. The maximum atomic E-state index is 12.9. The molecular formula is C25H45N5O2. The standard InChI is InChI=1S/C25H45N5O2/c26-24(22-4-2-1-3-5-22)25(32)30-14-8-21(9-15-30)18-20-6-12-28(13-7-20)19-23(31)29-16-10-27-11-17-29/h20-22,24,27H,1-19,26H2. The zero-order valence-electron chi connectivity index (χ0n) is 20.0. The molecule has 3 aliphatic heterocycles. The molecule has 3 N–H and O–H groups in total. The van der Waals surface area contributed by atoms with Crippen LogP contribution < -0.4 is 11.1 Å². The first-order valence-corrected chi connectivity index (χ1v) is 13.4. The van der Waals surface area contributed by atoms with Crippen molar-refractivity contribution in [3.63, 3.8) is 0 Å². The van der Waals surface area contributed by atoms with Gasteiger partial charge in [-0.1, -0.05) is 19.3 Å². The number of hydrogen-bond donors (Lipinski definition) is 2. The molecule has 1 aliphatic carbocycles. The summed E-state index contributed by atoms with van der Waals surface area (Å²) in [7, 11) is 0. The normalized spacial score (nSPS) is 26.3. The van der Waals surface area contributed by atoms with Crippen LogP contribution in [0.15, 0.2) is 0 Å². The Kier molecular flexibility index (Phi) is 8.83. The van der Waals surface area contributed by atoms with Crippen molar-refractivity contribution in [1.29, 1.82) is 0 Å². The second-order valence-electron chi connectivity index (χ2n) is 10.8. The number of piperazine rings is 1. The van der Waals surface area contributed by atoms with Crippen molar-refractivity contribution in [2.45, 2.75) is 70.3 Å². The van der Waals surface area contributed by atoms with Crippen LogP contribution in [0.1, 0.15) is 64.2 Å². The Labute approximate surface area is 194 Å². The molecule has 4 fully saturated rings. The number of nitrogens with two attached hydrogens (primary N) is 1. The minimum atomic E-state index is -0.278. The van der Waals surface area contributed by atoms with Gasteiger partial charge in [0.15, 0.2) is 0 Å². The first-order chi connectivity index (χ1) is 15.6. The van der Waals surface area contributed by atoms with Crippen LogP contribution in [0.25, 0.3) is 0 Å². The Hall–Kier alpha value is -1.18. The Bertz CT molecular complexity index is 601. The van der Waals surface area contributed by atoms with E-state index in [0.29, 0.717) is 18.4 Å². The largest absolute Gasteiger partial charge is 0.341 e. The molecule has 3 heterocycles. The van der Waals surface area contributed by atoms with E-state index in [2.05, 4.69) is 15.1 Å². The van der Waals surface area contributed by atoms with Crippen molar-refractivity contribution in [3.8, 4) is 0 Å². The fourth-order valence-corrected chi connectivity index (χ4v) is 6.35. The zero-order valence-corrected chi connectivity index (χ0v) is 20.0. The van der Waals surface area contributed by atoms with E-state index in [1.807, 2.05) is 4.90 Å². The Morgan fingerprint density at radius 3 is 2.00 bits per heavy atom. The van der Waals surface area contributed by atoms with E-state index < -0.39 is 0 Å². The fourth-order valence-electron chi connectivity index (χ4n) is 6.35. The summed E-state index contributed by atoms with van der Waals surface area (Å²) in [6.07, 6.45) is 12.0. The minimum Gasteiger partial charge on any atom is -0.341 e. The van der Waals surface area contributed by atoms with E-state index >= 15 is 0 Å². The van der Waals surface area contributed by atoms with Crippen LogP contribution in [0.3, 0.4) is 0 Å². The van der Waals surface area contributed by atoms with Crippen LogP contribution in [0, 0.1) is 17.8 Å². The number of carbonyl (C=O) groups excluding carboxylic acids is 2. The lowest BCUT2D eigenvalue weighted by Crippen LogP contribution is -2.51. The van der Waals surface area contributed by atoms with Gasteiger partial charge in [-0.2, -0.15) is 0 Å². The molecule has 2 amide bonds. The summed E-state index contributed by atoms with van der Waals surface area (Å²) in [5, 5.41) is 3.31. The molecule has 1 saturated carbocycles. The third-order valence-corrected chi connectivity index (χ3v) is 8.57. The lowest BCUT2D eigenvalue weighted by Gasteiger charge is -2.38. The summed E-state index contributed by atoms with van der Waals surface area (Å²) in [6, 6.07) is -0.278. The molecule has 0 aromatic heterocycles. The van der Waals surface area contributed by atoms with Crippen LogP contribution in [0.2, 0.25) is 0 Å². The molecule has 7 heteroatoms. The van der Waals surface area contributed by atoms with Crippen LogP contribution >= 0.6 is 0 Å². The highest BCUT2D eigenvalue weighted by Gasteiger charge is 2.33. The lowest BCUT2D eigenvalue weighted by molar-refractivity contribution is -0.136. The van der Waals surface area contributed by atoms with Gasteiger partial charge in [0, 0.05) is 39.3 Å². The maximum Gasteiger partial charge on any atom is 0.239 e. The second-order valence-corrected chi connectivity index (χ2v) is 10.8. The topological polar surface area (TPSA) is 81.9 Å². The molecule has 1 unspecified atom stereocenters. The predicted molar refractivity (Wildman–Crippen MR) is 127 cm³/mol. The molecule has 4 aliphatic rings. The molecule has 7 nitrogen and oxygen atoms in total. The van der Waals surface area contributed by atoms with Crippen molar-refractivity contribution in [2.24, 2.45) is 23.5 Å². The van der Waals surface area contributed by atoms with Gasteiger partial charge < -0.3 is 20.9 Å². The van der Waals surface area contributed by atoms with Gasteiger partial charge in [0.1, 0.15) is 0 Å². The minimum absolute atomic E-state index is 0.206. The van der Waals surface area contributed by atoms with E-state index in [-0.39, 0.29) is 11.9 Å². The van der Waals surface area contributed by atoms with E-state index in [9.17, 15) is 9.59 Å². The van der Waals surface area contributed by atoms with Crippen molar-refractivity contribution >= 4 is 11.8 Å². The summed E-state index contributed by atoms with van der Waals surface area (Å²) in [6.45, 7) is 8.02. The number of carbonyl (C=O) groups is 2. The summed E-state index contributed by atoms with van der Waals surface area (Å²) < 4.78 is 0. The number of hydrogen-bond acceptors (Lipinski definition) is 5. The molecule has 0 aromatic carbocycles. The van der Waals surface area contributed by atoms with E-state index in [4.69, 9.17) is 5.73 Å². The first kappa shape index (κ1) is 24.0. The monoisotopic (exact) mass is 447 g/mol. The van der Waals surface area contributed by atoms with Crippen molar-refractivity contribution in [1.82, 2.24) is 20.0 Å². The molecule has 0 bridgehead atoms. The van der Waals surface area contributed by atoms with Crippen molar-refractivity contribution in [2.75, 3.05) is 58.9 Å². The van der Waals surface area contributed by atoms with Gasteiger partial charge in [-0.05, 0) is 75.8 Å². The maximum absolute atomic E-state index is 12.9. The number of nitrogens with zero attached hydrogens (tertiary/aromatic N) is 3. The molecule has 0 radical (unpaired) electrons. The summed E-state index contributed by atoms with van der Waals surface area (Å²) in [4.78, 5) is 31.8. The summed E-state index contributed by atoms with van der Waals surface area (Å²) in [5.41, 5.74) is 6.38. The molecule has 1 atom stereocenters. The first-order valence-electron chi connectivity index (χ1n) is 13.4. The predicted octanol–water partition coefficient (Wildman–Crippen LogP) is 1.67. The second kappa shape index (κ2) is 11.8. The molecule has 3 saturated heterocycles. The molecule has 0 aromatic rings. The van der Waals surface area contributed by atoms with Crippen molar-refractivity contribution in [3.05, 3.63) is 0 Å². The number of rotatable bonds is 6. The Morgan fingerprint density at radius 1 is 0.781 bits per heavy atom. The molecule has 4 rings (SSSR count). The van der Waals surface area contributed by atoms with Crippen LogP contribution in [0.4, 0.5) is 0 Å². The highest BCUT2D eigenvalue weighted by Crippen LogP contribution is 2.31. The molecule has 32 heavy (non-hydrogen) atoms. The lowest BCUT2D eigenvalue weighted by atomic mass is 9.81. The molecule has 0 spiro atoms. The zero-order chi connectivity index (χ0) is 22.3. The number of nitrogens with one attached hydrogen (secondary N) is 1. The Balaban J connectivity index is 1.12. The summed E-state index contributed by atoms with van der Waals surface area (Å²) >= 11 is 0. The van der Waals surface area contributed by atoms with Crippen LogP contribution in [-0.2, 0) is 9.59 Å². The van der Waals surface area contributed by atoms with Gasteiger partial charge in [-0.25, -0.2) is 0 Å². The highest BCUT2D eigenvalue weighted by molar-refractivity contribution is 5.82. The third kappa shape index (κ3) is 6.45. The van der Waals surface area contributed by atoms with Gasteiger partial charge in [0.05, 0.1) is 12.6 Å². The van der Waals surface area contributed by atoms with Gasteiger partial charge in [0.25, 0.3) is 0 Å². The number of amides is 2. The summed E-state index contributed by atoms with van der Waals surface area (Å²) in [5.74, 6) is 2.42. The third-order valence-electron chi connectivity index (χ3n) is 8.57. The van der Waals surface area contributed by atoms with E-state index in [1.165, 1.54) is 38.5 Å². The van der Waals surface area contributed by atoms with Gasteiger partial charge in [-0.15, -0.1) is 0 Å². The van der Waals surface area contributed by atoms with Gasteiger partial charge >= 0.3 is 0 Å². The van der Waals surface area contributed by atoms with E-state index in [1.54, 1.807) is 0 Å². The fraction of sp³-hybridized carbons (Fsp3) is 0.920.